The van der Waals surface area contributed by atoms with Gasteiger partial charge in [0, 0.05) is 23.7 Å². The van der Waals surface area contributed by atoms with Crippen molar-refractivity contribution in [1.29, 1.82) is 0 Å². The van der Waals surface area contributed by atoms with Gasteiger partial charge in [-0.3, -0.25) is 19.3 Å². The third-order valence-corrected chi connectivity index (χ3v) is 6.81. The summed E-state index contributed by atoms with van der Waals surface area (Å²) in [7, 11) is 0. The fraction of sp³-hybridized carbons (Fsp3) is 0.320. The zero-order valence-corrected chi connectivity index (χ0v) is 20.4. The summed E-state index contributed by atoms with van der Waals surface area (Å²) in [5.41, 5.74) is 1.54. The van der Waals surface area contributed by atoms with Gasteiger partial charge >= 0.3 is 0 Å². The number of hydrogen-bond donors (Lipinski definition) is 0. The average Bonchev–Trinajstić information content (AvgIpc) is 3.45. The molecule has 0 saturated carbocycles. The summed E-state index contributed by atoms with van der Waals surface area (Å²) in [5, 5.41) is 0.185. The molecule has 0 radical (unpaired) electrons. The number of halogens is 1. The van der Waals surface area contributed by atoms with E-state index in [2.05, 4.69) is 0 Å². The molecule has 2 heterocycles. The van der Waals surface area contributed by atoms with Crippen molar-refractivity contribution in [2.24, 2.45) is 0 Å². The van der Waals surface area contributed by atoms with E-state index in [0.29, 0.717) is 41.8 Å². The third-order valence-electron chi connectivity index (χ3n) is 5.53. The molecule has 0 spiro atoms. The van der Waals surface area contributed by atoms with Crippen molar-refractivity contribution in [3.05, 3.63) is 63.5 Å². The second-order valence-electron chi connectivity index (χ2n) is 7.88. The number of benzene rings is 2. The van der Waals surface area contributed by atoms with Crippen molar-refractivity contribution in [1.82, 2.24) is 9.80 Å². The van der Waals surface area contributed by atoms with Gasteiger partial charge < -0.3 is 14.4 Å². The Balaban J connectivity index is 1.47. The Morgan fingerprint density at radius 1 is 1.09 bits per heavy atom. The van der Waals surface area contributed by atoms with Gasteiger partial charge in [0.05, 0.1) is 11.5 Å². The molecule has 0 aromatic heterocycles. The molecule has 2 aliphatic heterocycles. The number of rotatable bonds is 8. The molecular formula is C25H25ClN2O5S. The molecule has 0 unspecified atom stereocenters. The van der Waals surface area contributed by atoms with Crippen LogP contribution >= 0.6 is 23.4 Å². The van der Waals surface area contributed by atoms with E-state index in [-0.39, 0.29) is 24.0 Å². The van der Waals surface area contributed by atoms with Crippen LogP contribution in [0.5, 0.6) is 11.5 Å². The number of carbonyl (C=O) groups is 3. The fourth-order valence-corrected chi connectivity index (χ4v) is 4.79. The standard InChI is InChI=1S/C25H25ClN2O5S/c1-2-32-21-13-17(9-10-20(21)33-16-18-7-3-4-8-19(18)26)14-22-24(30)28(25(31)34-22)15-23(29)27-11-5-6-12-27/h3-4,7-10,13-14H,2,5-6,11-12,15-16H2,1H3/b22-14+. The van der Waals surface area contributed by atoms with E-state index in [1.54, 1.807) is 35.2 Å². The molecule has 0 bridgehead atoms. The Morgan fingerprint density at radius 3 is 2.59 bits per heavy atom. The van der Waals surface area contributed by atoms with E-state index in [1.165, 1.54) is 0 Å². The van der Waals surface area contributed by atoms with E-state index < -0.39 is 11.1 Å². The highest BCUT2D eigenvalue weighted by molar-refractivity contribution is 8.18. The summed E-state index contributed by atoms with van der Waals surface area (Å²) >= 11 is 7.04. The van der Waals surface area contributed by atoms with Crippen molar-refractivity contribution in [2.75, 3.05) is 26.2 Å². The van der Waals surface area contributed by atoms with E-state index in [1.807, 2.05) is 25.1 Å². The highest BCUT2D eigenvalue weighted by Gasteiger charge is 2.37. The van der Waals surface area contributed by atoms with Crippen LogP contribution in [0.15, 0.2) is 47.4 Å². The van der Waals surface area contributed by atoms with E-state index >= 15 is 0 Å². The zero-order valence-electron chi connectivity index (χ0n) is 18.8. The minimum absolute atomic E-state index is 0.195. The minimum atomic E-state index is -0.459. The molecule has 0 atom stereocenters. The maximum atomic E-state index is 12.8. The third kappa shape index (κ3) is 5.56. The molecule has 0 aliphatic carbocycles. The molecule has 2 saturated heterocycles. The first kappa shape index (κ1) is 24.2. The molecule has 2 fully saturated rings. The van der Waals surface area contributed by atoms with E-state index in [4.69, 9.17) is 21.1 Å². The lowest BCUT2D eigenvalue weighted by Crippen LogP contribution is -2.40. The number of carbonyl (C=O) groups excluding carboxylic acids is 3. The molecule has 3 amide bonds. The molecule has 2 aromatic carbocycles. The van der Waals surface area contributed by atoms with Crippen LogP contribution in [0, 0.1) is 0 Å². The second-order valence-corrected chi connectivity index (χ2v) is 9.28. The summed E-state index contributed by atoms with van der Waals surface area (Å²) < 4.78 is 11.7. The van der Waals surface area contributed by atoms with Crippen LogP contribution < -0.4 is 9.47 Å². The Bertz CT molecular complexity index is 1130. The topological polar surface area (TPSA) is 76.2 Å². The van der Waals surface area contributed by atoms with E-state index in [0.717, 1.165) is 35.1 Å². The summed E-state index contributed by atoms with van der Waals surface area (Å²) in [6.07, 6.45) is 3.53. The van der Waals surface area contributed by atoms with Crippen LogP contribution in [0.2, 0.25) is 5.02 Å². The molecule has 0 N–H and O–H groups in total. The van der Waals surface area contributed by atoms with Gasteiger partial charge in [0.25, 0.3) is 11.1 Å². The molecule has 7 nitrogen and oxygen atoms in total. The lowest BCUT2D eigenvalue weighted by Gasteiger charge is -2.18. The van der Waals surface area contributed by atoms with Crippen molar-refractivity contribution in [3.8, 4) is 11.5 Å². The smallest absolute Gasteiger partial charge is 0.294 e. The Hall–Kier alpha value is -2.97. The average molecular weight is 501 g/mol. The largest absolute Gasteiger partial charge is 0.490 e. The maximum absolute atomic E-state index is 12.8. The van der Waals surface area contributed by atoms with Gasteiger partial charge in [0.15, 0.2) is 11.5 Å². The molecule has 178 valence electrons. The van der Waals surface area contributed by atoms with Gasteiger partial charge in [-0.25, -0.2) is 0 Å². The molecule has 2 aromatic rings. The van der Waals surface area contributed by atoms with Crippen LogP contribution in [0.4, 0.5) is 4.79 Å². The molecule has 34 heavy (non-hydrogen) atoms. The predicted molar refractivity (Wildman–Crippen MR) is 132 cm³/mol. The zero-order chi connectivity index (χ0) is 24.1. The van der Waals surface area contributed by atoms with Gasteiger partial charge in [0.2, 0.25) is 5.91 Å². The fourth-order valence-electron chi connectivity index (χ4n) is 3.76. The van der Waals surface area contributed by atoms with Crippen molar-refractivity contribution in [2.45, 2.75) is 26.4 Å². The lowest BCUT2D eigenvalue weighted by molar-refractivity contribution is -0.135. The molecule has 9 heteroatoms. The van der Waals surface area contributed by atoms with Crippen molar-refractivity contribution in [3.63, 3.8) is 0 Å². The monoisotopic (exact) mass is 500 g/mol. The molecule has 4 rings (SSSR count). The molecule has 2 aliphatic rings. The first-order valence-corrected chi connectivity index (χ1v) is 12.3. The van der Waals surface area contributed by atoms with Gasteiger partial charge in [-0.2, -0.15) is 0 Å². The summed E-state index contributed by atoms with van der Waals surface area (Å²) in [6, 6.07) is 12.7. The summed E-state index contributed by atoms with van der Waals surface area (Å²) in [5.74, 6) is 0.411. The maximum Gasteiger partial charge on any atom is 0.294 e. The number of ether oxygens (including phenoxy) is 2. The number of nitrogens with zero attached hydrogens (tertiary/aromatic N) is 2. The number of hydrogen-bond acceptors (Lipinski definition) is 6. The highest BCUT2D eigenvalue weighted by atomic mass is 35.5. The van der Waals surface area contributed by atoms with Gasteiger partial charge in [-0.1, -0.05) is 35.9 Å². The summed E-state index contributed by atoms with van der Waals surface area (Å²) in [6.45, 7) is 3.71. The lowest BCUT2D eigenvalue weighted by atomic mass is 10.1. The number of imide groups is 1. The predicted octanol–water partition coefficient (Wildman–Crippen LogP) is 4.98. The quantitative estimate of drug-likeness (QED) is 0.476. The normalized spacial score (nSPS) is 17.1. The van der Waals surface area contributed by atoms with Crippen LogP contribution in [-0.2, 0) is 16.2 Å². The van der Waals surface area contributed by atoms with Crippen molar-refractivity contribution >= 4 is 46.5 Å². The van der Waals surface area contributed by atoms with Gasteiger partial charge in [0.1, 0.15) is 13.2 Å². The Kier molecular flexibility index (Phi) is 7.80. The summed E-state index contributed by atoms with van der Waals surface area (Å²) in [4.78, 5) is 40.6. The number of likely N-dealkylation sites (tertiary alicyclic amines) is 1. The SMILES string of the molecule is CCOc1cc(/C=C2/SC(=O)N(CC(=O)N3CCCC3)C2=O)ccc1OCc1ccccc1Cl. The van der Waals surface area contributed by atoms with Gasteiger partial charge in [-0.05, 0) is 61.4 Å². The Morgan fingerprint density at radius 2 is 1.85 bits per heavy atom. The van der Waals surface area contributed by atoms with Crippen LogP contribution in [-0.4, -0.2) is 53.1 Å². The Labute approximate surface area is 207 Å². The van der Waals surface area contributed by atoms with Crippen molar-refractivity contribution < 1.29 is 23.9 Å². The number of amides is 3. The van der Waals surface area contributed by atoms with Crippen LogP contribution in [0.25, 0.3) is 6.08 Å². The second kappa shape index (κ2) is 11.0. The van der Waals surface area contributed by atoms with E-state index in [9.17, 15) is 14.4 Å². The van der Waals surface area contributed by atoms with Gasteiger partial charge in [-0.15, -0.1) is 0 Å². The first-order chi connectivity index (χ1) is 16.5. The highest BCUT2D eigenvalue weighted by Crippen LogP contribution is 2.35. The van der Waals surface area contributed by atoms with Crippen LogP contribution in [0.1, 0.15) is 30.9 Å². The minimum Gasteiger partial charge on any atom is -0.490 e. The van der Waals surface area contributed by atoms with Crippen LogP contribution in [0.3, 0.4) is 0 Å². The first-order valence-electron chi connectivity index (χ1n) is 11.1. The number of thioether (sulfide) groups is 1. The molecular weight excluding hydrogens is 476 g/mol.